The van der Waals surface area contributed by atoms with Gasteiger partial charge in [0.05, 0.1) is 9.50 Å². The Morgan fingerprint density at radius 2 is 2.10 bits per heavy atom. The van der Waals surface area contributed by atoms with Crippen LogP contribution in [0.25, 0.3) is 0 Å². The van der Waals surface area contributed by atoms with Crippen molar-refractivity contribution in [1.82, 2.24) is 0 Å². The standard InChI is InChI=1S/C16H16BrClFNO/c1-10(20)7-11-5-6-16(13(17)8-11)21-9-12-14(18)3-2-4-15(12)19/h2-6,8,10H,7,9,20H2,1H3. The third kappa shape index (κ3) is 4.43. The number of hydrogen-bond donors (Lipinski definition) is 1. The molecule has 21 heavy (non-hydrogen) atoms. The highest BCUT2D eigenvalue weighted by Crippen LogP contribution is 2.28. The lowest BCUT2D eigenvalue weighted by Gasteiger charge is -2.12. The van der Waals surface area contributed by atoms with Crippen LogP contribution in [0.3, 0.4) is 0 Å². The summed E-state index contributed by atoms with van der Waals surface area (Å²) in [5.41, 5.74) is 7.25. The van der Waals surface area contributed by atoms with E-state index in [0.717, 1.165) is 16.5 Å². The lowest BCUT2D eigenvalue weighted by Crippen LogP contribution is -2.17. The van der Waals surface area contributed by atoms with Crippen LogP contribution in [0.15, 0.2) is 40.9 Å². The van der Waals surface area contributed by atoms with Gasteiger partial charge in [0.2, 0.25) is 0 Å². The molecule has 2 aromatic rings. The lowest BCUT2D eigenvalue weighted by molar-refractivity contribution is 0.298. The zero-order chi connectivity index (χ0) is 15.4. The van der Waals surface area contributed by atoms with Crippen LogP contribution >= 0.6 is 27.5 Å². The molecule has 0 heterocycles. The van der Waals surface area contributed by atoms with Crippen LogP contribution in [0.4, 0.5) is 4.39 Å². The van der Waals surface area contributed by atoms with Crippen LogP contribution in [-0.2, 0) is 13.0 Å². The summed E-state index contributed by atoms with van der Waals surface area (Å²) in [5, 5.41) is 0.361. The molecule has 0 saturated heterocycles. The van der Waals surface area contributed by atoms with Gasteiger partial charge in [-0.05, 0) is 59.1 Å². The zero-order valence-electron chi connectivity index (χ0n) is 11.6. The van der Waals surface area contributed by atoms with Gasteiger partial charge in [0.1, 0.15) is 18.2 Å². The Morgan fingerprint density at radius 3 is 2.71 bits per heavy atom. The maximum atomic E-state index is 13.7. The molecular weight excluding hydrogens is 357 g/mol. The molecule has 0 aliphatic rings. The quantitative estimate of drug-likeness (QED) is 0.825. The topological polar surface area (TPSA) is 35.2 Å². The van der Waals surface area contributed by atoms with E-state index in [0.29, 0.717) is 16.3 Å². The maximum absolute atomic E-state index is 13.7. The third-order valence-electron chi connectivity index (χ3n) is 2.99. The molecule has 1 atom stereocenters. The Kier molecular flexibility index (Phi) is 5.62. The van der Waals surface area contributed by atoms with Gasteiger partial charge in [-0.3, -0.25) is 0 Å². The second-order valence-corrected chi connectivity index (χ2v) is 6.20. The van der Waals surface area contributed by atoms with Crippen molar-refractivity contribution in [2.24, 2.45) is 5.73 Å². The molecule has 0 fully saturated rings. The first-order valence-electron chi connectivity index (χ1n) is 6.57. The summed E-state index contributed by atoms with van der Waals surface area (Å²) < 4.78 is 20.1. The molecule has 0 amide bonds. The second-order valence-electron chi connectivity index (χ2n) is 4.94. The number of halogens is 3. The normalized spacial score (nSPS) is 12.2. The predicted molar refractivity (Wildman–Crippen MR) is 87.2 cm³/mol. The van der Waals surface area contributed by atoms with Crippen LogP contribution in [0, 0.1) is 5.82 Å². The highest BCUT2D eigenvalue weighted by molar-refractivity contribution is 9.10. The molecule has 5 heteroatoms. The number of ether oxygens (including phenoxy) is 1. The SMILES string of the molecule is CC(N)Cc1ccc(OCc2c(F)cccc2Cl)c(Br)c1. The van der Waals surface area contributed by atoms with Crippen molar-refractivity contribution in [1.29, 1.82) is 0 Å². The van der Waals surface area contributed by atoms with E-state index in [2.05, 4.69) is 15.9 Å². The average molecular weight is 373 g/mol. The Hall–Kier alpha value is -1.10. The van der Waals surface area contributed by atoms with Gasteiger partial charge in [-0.25, -0.2) is 4.39 Å². The maximum Gasteiger partial charge on any atom is 0.134 e. The van der Waals surface area contributed by atoms with Crippen molar-refractivity contribution in [3.63, 3.8) is 0 Å². The Morgan fingerprint density at radius 1 is 1.33 bits per heavy atom. The van der Waals surface area contributed by atoms with Gasteiger partial charge < -0.3 is 10.5 Å². The minimum Gasteiger partial charge on any atom is -0.488 e. The molecule has 2 aromatic carbocycles. The van der Waals surface area contributed by atoms with Crippen LogP contribution in [0.5, 0.6) is 5.75 Å². The second kappa shape index (κ2) is 7.25. The predicted octanol–water partition coefficient (Wildman–Crippen LogP) is 4.71. The molecule has 112 valence electrons. The molecule has 2 nitrogen and oxygen atoms in total. The monoisotopic (exact) mass is 371 g/mol. The molecule has 1 unspecified atom stereocenters. The molecule has 2 rings (SSSR count). The molecule has 0 aliphatic heterocycles. The number of hydrogen-bond acceptors (Lipinski definition) is 2. The Labute approximate surface area is 137 Å². The van der Waals surface area contributed by atoms with Crippen molar-refractivity contribution in [2.75, 3.05) is 0 Å². The van der Waals surface area contributed by atoms with Gasteiger partial charge in [0, 0.05) is 11.6 Å². The van der Waals surface area contributed by atoms with Crippen molar-refractivity contribution in [2.45, 2.75) is 26.0 Å². The molecule has 0 spiro atoms. The van der Waals surface area contributed by atoms with Gasteiger partial charge in [0.15, 0.2) is 0 Å². The molecule has 0 saturated carbocycles. The van der Waals surface area contributed by atoms with Gasteiger partial charge in [0.25, 0.3) is 0 Å². The van der Waals surface area contributed by atoms with Crippen molar-refractivity contribution in [3.05, 3.63) is 62.8 Å². The summed E-state index contributed by atoms with van der Waals surface area (Å²) >= 11 is 9.43. The fourth-order valence-electron chi connectivity index (χ4n) is 1.98. The van der Waals surface area contributed by atoms with Crippen LogP contribution < -0.4 is 10.5 Å². The molecular formula is C16H16BrClFNO. The first-order valence-corrected chi connectivity index (χ1v) is 7.74. The van der Waals surface area contributed by atoms with Crippen molar-refractivity contribution >= 4 is 27.5 Å². The summed E-state index contributed by atoms with van der Waals surface area (Å²) in [6.07, 6.45) is 0.790. The van der Waals surface area contributed by atoms with Gasteiger partial charge in [-0.2, -0.15) is 0 Å². The summed E-state index contributed by atoms with van der Waals surface area (Å²) in [6.45, 7) is 2.04. The lowest BCUT2D eigenvalue weighted by atomic mass is 10.1. The highest BCUT2D eigenvalue weighted by atomic mass is 79.9. The van der Waals surface area contributed by atoms with E-state index in [1.165, 1.54) is 6.07 Å². The number of benzene rings is 2. The first-order chi connectivity index (χ1) is 9.97. The van der Waals surface area contributed by atoms with E-state index in [4.69, 9.17) is 22.1 Å². The highest BCUT2D eigenvalue weighted by Gasteiger charge is 2.10. The van der Waals surface area contributed by atoms with E-state index >= 15 is 0 Å². The molecule has 0 bridgehead atoms. The van der Waals surface area contributed by atoms with Crippen molar-refractivity contribution < 1.29 is 9.13 Å². The summed E-state index contributed by atoms with van der Waals surface area (Å²) in [6, 6.07) is 10.4. The first kappa shape index (κ1) is 16.3. The number of nitrogens with two attached hydrogens (primary N) is 1. The van der Waals surface area contributed by atoms with Gasteiger partial charge in [-0.15, -0.1) is 0 Å². The van der Waals surface area contributed by atoms with E-state index in [1.54, 1.807) is 12.1 Å². The molecule has 0 radical (unpaired) electrons. The average Bonchev–Trinajstić information content (AvgIpc) is 2.39. The molecule has 2 N–H and O–H groups in total. The Balaban J connectivity index is 2.10. The Bertz CT molecular complexity index is 613. The van der Waals surface area contributed by atoms with E-state index in [-0.39, 0.29) is 18.5 Å². The minimum absolute atomic E-state index is 0.0801. The van der Waals surface area contributed by atoms with Gasteiger partial charge in [-0.1, -0.05) is 23.7 Å². The van der Waals surface area contributed by atoms with Crippen LogP contribution in [0.2, 0.25) is 5.02 Å². The van der Waals surface area contributed by atoms with E-state index in [9.17, 15) is 4.39 Å². The van der Waals surface area contributed by atoms with Crippen LogP contribution in [-0.4, -0.2) is 6.04 Å². The number of rotatable bonds is 5. The summed E-state index contributed by atoms with van der Waals surface area (Å²) in [7, 11) is 0. The fraction of sp³-hybridized carbons (Fsp3) is 0.250. The largest absolute Gasteiger partial charge is 0.488 e. The van der Waals surface area contributed by atoms with E-state index < -0.39 is 0 Å². The fourth-order valence-corrected chi connectivity index (χ4v) is 2.74. The molecule has 0 aromatic heterocycles. The molecule has 0 aliphatic carbocycles. The minimum atomic E-state index is -0.368. The third-order valence-corrected chi connectivity index (χ3v) is 3.96. The van der Waals surface area contributed by atoms with Gasteiger partial charge >= 0.3 is 0 Å². The zero-order valence-corrected chi connectivity index (χ0v) is 13.9. The van der Waals surface area contributed by atoms with E-state index in [1.807, 2.05) is 25.1 Å². The van der Waals surface area contributed by atoms with Crippen LogP contribution in [0.1, 0.15) is 18.1 Å². The smallest absolute Gasteiger partial charge is 0.134 e. The van der Waals surface area contributed by atoms with Crippen molar-refractivity contribution in [3.8, 4) is 5.75 Å². The summed E-state index contributed by atoms with van der Waals surface area (Å²) in [4.78, 5) is 0. The summed E-state index contributed by atoms with van der Waals surface area (Å²) in [5.74, 6) is 0.273.